The molecule has 1 aromatic heterocycles. The van der Waals surface area contributed by atoms with Crippen LogP contribution in [-0.4, -0.2) is 63.5 Å². The molecular formula is C13H23N5O. The molecule has 0 aliphatic carbocycles. The lowest BCUT2D eigenvalue weighted by Crippen LogP contribution is -2.37. The first-order chi connectivity index (χ1) is 9.31. The highest BCUT2D eigenvalue weighted by Gasteiger charge is 2.13. The van der Waals surface area contributed by atoms with Crippen molar-refractivity contribution in [2.45, 2.75) is 6.42 Å². The molecule has 0 aromatic carbocycles. The van der Waals surface area contributed by atoms with Gasteiger partial charge in [0.05, 0.1) is 13.2 Å². The third-order valence-corrected chi connectivity index (χ3v) is 3.28. The Hall–Kier alpha value is -1.40. The van der Waals surface area contributed by atoms with Crippen LogP contribution in [0.15, 0.2) is 12.4 Å². The largest absolute Gasteiger partial charge is 0.378 e. The minimum Gasteiger partial charge on any atom is -0.378 e. The smallest absolute Gasteiger partial charge is 0.134 e. The Bertz CT molecular complexity index is 381. The highest BCUT2D eigenvalue weighted by molar-refractivity contribution is 5.49. The van der Waals surface area contributed by atoms with Gasteiger partial charge in [-0.05, 0) is 20.0 Å². The standard InChI is InChI=1S/C13H23N5O/c1-14-4-3-5-17(2)12-10-13(16-11-15-12)18-6-8-19-9-7-18/h10-11,14H,3-9H2,1-2H3. The van der Waals surface area contributed by atoms with E-state index in [-0.39, 0.29) is 0 Å². The van der Waals surface area contributed by atoms with E-state index in [1.54, 1.807) is 6.33 Å². The van der Waals surface area contributed by atoms with Crippen LogP contribution in [0, 0.1) is 0 Å². The van der Waals surface area contributed by atoms with Gasteiger partial charge in [-0.15, -0.1) is 0 Å². The van der Waals surface area contributed by atoms with Crippen molar-refractivity contribution in [1.29, 1.82) is 0 Å². The highest BCUT2D eigenvalue weighted by atomic mass is 16.5. The molecule has 2 rings (SSSR count). The summed E-state index contributed by atoms with van der Waals surface area (Å²) in [6.45, 7) is 5.36. The van der Waals surface area contributed by atoms with Crippen LogP contribution in [0.5, 0.6) is 0 Å². The van der Waals surface area contributed by atoms with Crippen molar-refractivity contribution in [3.63, 3.8) is 0 Å². The Kier molecular flexibility index (Phi) is 5.35. The fourth-order valence-corrected chi connectivity index (χ4v) is 2.12. The van der Waals surface area contributed by atoms with Gasteiger partial charge in [0.1, 0.15) is 18.0 Å². The molecule has 1 saturated heterocycles. The van der Waals surface area contributed by atoms with Crippen LogP contribution in [0.4, 0.5) is 11.6 Å². The average molecular weight is 265 g/mol. The second kappa shape index (κ2) is 7.25. The van der Waals surface area contributed by atoms with E-state index in [1.807, 2.05) is 7.05 Å². The molecule has 0 saturated carbocycles. The summed E-state index contributed by atoms with van der Waals surface area (Å²) < 4.78 is 5.36. The number of anilines is 2. The summed E-state index contributed by atoms with van der Waals surface area (Å²) in [5.41, 5.74) is 0. The molecule has 0 radical (unpaired) electrons. The summed E-state index contributed by atoms with van der Waals surface area (Å²) in [5.74, 6) is 1.97. The van der Waals surface area contributed by atoms with Crippen molar-refractivity contribution in [2.75, 3.05) is 63.3 Å². The first kappa shape index (κ1) is 14.0. The van der Waals surface area contributed by atoms with Gasteiger partial charge < -0.3 is 19.9 Å². The van der Waals surface area contributed by atoms with Crippen LogP contribution in [0.3, 0.4) is 0 Å². The number of aromatic nitrogens is 2. The molecule has 1 aliphatic rings. The van der Waals surface area contributed by atoms with Crippen LogP contribution in [-0.2, 0) is 4.74 Å². The van der Waals surface area contributed by atoms with Gasteiger partial charge in [0, 0.05) is 32.7 Å². The van der Waals surface area contributed by atoms with Gasteiger partial charge >= 0.3 is 0 Å². The number of hydrogen-bond acceptors (Lipinski definition) is 6. The number of ether oxygens (including phenoxy) is 1. The van der Waals surface area contributed by atoms with E-state index in [9.17, 15) is 0 Å². The van der Waals surface area contributed by atoms with Gasteiger partial charge in [0.25, 0.3) is 0 Å². The summed E-state index contributed by atoms with van der Waals surface area (Å²) in [7, 11) is 4.04. The lowest BCUT2D eigenvalue weighted by Gasteiger charge is -2.28. The third-order valence-electron chi connectivity index (χ3n) is 3.28. The maximum absolute atomic E-state index is 5.36. The van der Waals surface area contributed by atoms with E-state index >= 15 is 0 Å². The molecule has 1 fully saturated rings. The molecular weight excluding hydrogens is 242 g/mol. The van der Waals surface area contributed by atoms with E-state index < -0.39 is 0 Å². The molecule has 6 heteroatoms. The number of hydrogen-bond donors (Lipinski definition) is 1. The van der Waals surface area contributed by atoms with Crippen LogP contribution in [0.2, 0.25) is 0 Å². The summed E-state index contributed by atoms with van der Waals surface area (Å²) >= 11 is 0. The lowest BCUT2D eigenvalue weighted by molar-refractivity contribution is 0.122. The normalized spacial score (nSPS) is 15.6. The predicted octanol–water partition coefficient (Wildman–Crippen LogP) is 0.359. The van der Waals surface area contributed by atoms with E-state index in [4.69, 9.17) is 4.74 Å². The van der Waals surface area contributed by atoms with E-state index in [0.717, 1.165) is 57.4 Å². The molecule has 0 atom stereocenters. The molecule has 1 aromatic rings. The quantitative estimate of drug-likeness (QED) is 0.750. The van der Waals surface area contributed by atoms with Crippen molar-refractivity contribution >= 4 is 11.6 Å². The number of nitrogens with zero attached hydrogens (tertiary/aromatic N) is 4. The van der Waals surface area contributed by atoms with Gasteiger partial charge in [-0.1, -0.05) is 0 Å². The Morgan fingerprint density at radius 3 is 2.89 bits per heavy atom. The zero-order valence-electron chi connectivity index (χ0n) is 11.8. The number of nitrogens with one attached hydrogen (secondary N) is 1. The topological polar surface area (TPSA) is 53.5 Å². The van der Waals surface area contributed by atoms with E-state index in [1.165, 1.54) is 0 Å². The highest BCUT2D eigenvalue weighted by Crippen LogP contribution is 2.17. The molecule has 0 bridgehead atoms. The third kappa shape index (κ3) is 4.04. The molecule has 2 heterocycles. The zero-order chi connectivity index (χ0) is 13.5. The maximum Gasteiger partial charge on any atom is 0.134 e. The lowest BCUT2D eigenvalue weighted by atomic mass is 10.3. The second-order valence-corrected chi connectivity index (χ2v) is 4.71. The summed E-state index contributed by atoms with van der Waals surface area (Å²) in [4.78, 5) is 13.1. The molecule has 6 nitrogen and oxygen atoms in total. The second-order valence-electron chi connectivity index (χ2n) is 4.71. The first-order valence-electron chi connectivity index (χ1n) is 6.81. The van der Waals surface area contributed by atoms with Crippen molar-refractivity contribution < 1.29 is 4.74 Å². The van der Waals surface area contributed by atoms with Gasteiger partial charge in [-0.25, -0.2) is 9.97 Å². The van der Waals surface area contributed by atoms with Gasteiger partial charge in [-0.3, -0.25) is 0 Å². The molecule has 0 amide bonds. The fourth-order valence-electron chi connectivity index (χ4n) is 2.12. The van der Waals surface area contributed by atoms with Gasteiger partial charge in [0.15, 0.2) is 0 Å². The Labute approximate surface area is 114 Å². The van der Waals surface area contributed by atoms with Crippen LogP contribution in [0.25, 0.3) is 0 Å². The van der Waals surface area contributed by atoms with Gasteiger partial charge in [-0.2, -0.15) is 0 Å². The Balaban J connectivity index is 1.97. The SMILES string of the molecule is CNCCCN(C)c1cc(N2CCOCC2)ncn1. The first-order valence-corrected chi connectivity index (χ1v) is 6.81. The zero-order valence-corrected chi connectivity index (χ0v) is 11.8. The minimum absolute atomic E-state index is 0.775. The molecule has 1 N–H and O–H groups in total. The molecule has 106 valence electrons. The van der Waals surface area contributed by atoms with Crippen molar-refractivity contribution in [3.8, 4) is 0 Å². The molecule has 19 heavy (non-hydrogen) atoms. The monoisotopic (exact) mass is 265 g/mol. The molecule has 1 aliphatic heterocycles. The molecule has 0 unspecified atom stereocenters. The van der Waals surface area contributed by atoms with Crippen LogP contribution >= 0.6 is 0 Å². The summed E-state index contributed by atoms with van der Waals surface area (Å²) in [6.07, 6.45) is 2.75. The average Bonchev–Trinajstić information content (AvgIpc) is 2.48. The maximum atomic E-state index is 5.36. The fraction of sp³-hybridized carbons (Fsp3) is 0.692. The van der Waals surface area contributed by atoms with Gasteiger partial charge in [0.2, 0.25) is 0 Å². The van der Waals surface area contributed by atoms with Crippen molar-refractivity contribution in [2.24, 2.45) is 0 Å². The summed E-state index contributed by atoms with van der Waals surface area (Å²) in [5, 5.41) is 3.16. The van der Waals surface area contributed by atoms with E-state index in [0.29, 0.717) is 0 Å². The van der Waals surface area contributed by atoms with E-state index in [2.05, 4.69) is 38.2 Å². The number of rotatable bonds is 6. The molecule has 0 spiro atoms. The Morgan fingerprint density at radius 2 is 2.16 bits per heavy atom. The van der Waals surface area contributed by atoms with Crippen molar-refractivity contribution in [3.05, 3.63) is 12.4 Å². The number of morpholine rings is 1. The van der Waals surface area contributed by atoms with Crippen LogP contribution < -0.4 is 15.1 Å². The van der Waals surface area contributed by atoms with Crippen molar-refractivity contribution in [1.82, 2.24) is 15.3 Å². The summed E-state index contributed by atoms with van der Waals surface area (Å²) in [6, 6.07) is 2.06. The Morgan fingerprint density at radius 1 is 1.37 bits per heavy atom. The van der Waals surface area contributed by atoms with Crippen LogP contribution in [0.1, 0.15) is 6.42 Å². The minimum atomic E-state index is 0.775. The predicted molar refractivity (Wildman–Crippen MR) is 76.9 cm³/mol.